The maximum Gasteiger partial charge on any atom is 0.0201 e. The van der Waals surface area contributed by atoms with Crippen LogP contribution in [0.4, 0.5) is 0 Å². The van der Waals surface area contributed by atoms with Gasteiger partial charge in [0.15, 0.2) is 0 Å². The van der Waals surface area contributed by atoms with Gasteiger partial charge >= 0.3 is 0 Å². The fraction of sp³-hybridized carbons (Fsp3) is 0.676. The lowest BCUT2D eigenvalue weighted by Crippen LogP contribution is -2.55. The van der Waals surface area contributed by atoms with Gasteiger partial charge in [0, 0.05) is 17.8 Å². The molecule has 8 aliphatic carbocycles. The Morgan fingerprint density at radius 2 is 0.973 bits per heavy atom. The van der Waals surface area contributed by atoms with E-state index >= 15 is 0 Å². The second-order valence-corrected chi connectivity index (χ2v) is 14.6. The molecular formula is C37H48. The number of allylic oxidation sites excluding steroid dienone is 11. The van der Waals surface area contributed by atoms with Gasteiger partial charge in [0.25, 0.3) is 0 Å². The minimum Gasteiger partial charge on any atom is -0.102 e. The van der Waals surface area contributed by atoms with Gasteiger partial charge in [0.05, 0.1) is 0 Å². The van der Waals surface area contributed by atoms with E-state index in [-0.39, 0.29) is 0 Å². The van der Waals surface area contributed by atoms with Crippen LogP contribution >= 0.6 is 0 Å². The minimum atomic E-state index is 0.553. The Bertz CT molecular complexity index is 1200. The minimum absolute atomic E-state index is 0.553. The highest BCUT2D eigenvalue weighted by atomic mass is 14.7. The summed E-state index contributed by atoms with van der Waals surface area (Å²) in [5.74, 6) is 8.87. The lowest BCUT2D eigenvalue weighted by atomic mass is 9.39. The van der Waals surface area contributed by atoms with Gasteiger partial charge in [-0.2, -0.15) is 0 Å². The van der Waals surface area contributed by atoms with E-state index in [9.17, 15) is 0 Å². The van der Waals surface area contributed by atoms with Crippen molar-refractivity contribution < 1.29 is 0 Å². The summed E-state index contributed by atoms with van der Waals surface area (Å²) >= 11 is 0. The van der Waals surface area contributed by atoms with Crippen LogP contribution in [0.5, 0.6) is 0 Å². The third kappa shape index (κ3) is 2.72. The first-order valence-corrected chi connectivity index (χ1v) is 16.2. The maximum absolute atomic E-state index is 4.44. The first kappa shape index (κ1) is 23.3. The molecule has 0 aliphatic heterocycles. The Morgan fingerprint density at radius 1 is 0.541 bits per heavy atom. The summed E-state index contributed by atoms with van der Waals surface area (Å²) < 4.78 is 0. The van der Waals surface area contributed by atoms with E-state index in [0.717, 1.165) is 47.3 Å². The fourth-order valence-electron chi connectivity index (χ4n) is 12.4. The summed E-state index contributed by atoms with van der Waals surface area (Å²) in [7, 11) is 0. The molecule has 0 N–H and O–H groups in total. The number of hydrogen-bond donors (Lipinski definition) is 0. The molecular weight excluding hydrogens is 444 g/mol. The molecule has 0 heteroatoms. The van der Waals surface area contributed by atoms with Crippen molar-refractivity contribution in [1.29, 1.82) is 0 Å². The SMILES string of the molecule is C=CC1CCC2C3=C1C(/C=C/C)C1=C4C(CCC1C)C1CCC(C)C5=C1C(C1=C(C(C)CCC12)C5C)C43. The summed E-state index contributed by atoms with van der Waals surface area (Å²) in [6.07, 6.45) is 18.7. The number of rotatable bonds is 2. The van der Waals surface area contributed by atoms with E-state index in [1.807, 2.05) is 44.6 Å². The second kappa shape index (κ2) is 7.99. The molecule has 37 heavy (non-hydrogen) atoms. The van der Waals surface area contributed by atoms with Crippen molar-refractivity contribution >= 4 is 0 Å². The molecule has 0 saturated heterocycles. The fourth-order valence-corrected chi connectivity index (χ4v) is 12.4. The molecule has 12 atom stereocenters. The molecule has 2 saturated carbocycles. The summed E-state index contributed by atoms with van der Waals surface area (Å²) in [5, 5.41) is 0. The predicted octanol–water partition coefficient (Wildman–Crippen LogP) is 9.64. The maximum atomic E-state index is 4.44. The molecule has 12 unspecified atom stereocenters. The molecule has 0 nitrogen and oxygen atoms in total. The standard InChI is InChI=1S/C37H48/c1-7-9-27-30-20(5)12-16-25-23-14-10-18(3)28-21(6)29-19(4)11-15-24-26-17-13-22(8-2)31(27)35(26)37(34(25)30)36(32(23)28)33(24)29/h7-9,18-27,36-37H,2,10-17H2,1,3-6H3/b9-7+. The van der Waals surface area contributed by atoms with Gasteiger partial charge in [-0.1, -0.05) is 90.5 Å². The van der Waals surface area contributed by atoms with Gasteiger partial charge in [-0.15, -0.1) is 6.58 Å². The zero-order valence-electron chi connectivity index (χ0n) is 24.0. The first-order valence-electron chi connectivity index (χ1n) is 16.2. The van der Waals surface area contributed by atoms with Crippen molar-refractivity contribution in [3.63, 3.8) is 0 Å². The van der Waals surface area contributed by atoms with Crippen molar-refractivity contribution in [3.05, 3.63) is 69.4 Å². The Labute approximate surface area is 226 Å². The highest BCUT2D eigenvalue weighted by molar-refractivity contribution is 5.61. The second-order valence-electron chi connectivity index (χ2n) is 14.6. The van der Waals surface area contributed by atoms with Crippen LogP contribution in [0.25, 0.3) is 0 Å². The molecule has 196 valence electrons. The quantitative estimate of drug-likeness (QED) is 0.337. The van der Waals surface area contributed by atoms with E-state index in [1.165, 1.54) is 51.4 Å². The molecule has 0 bridgehead atoms. The molecule has 2 fully saturated rings. The molecule has 8 rings (SSSR count). The third-order valence-corrected chi connectivity index (χ3v) is 13.4. The van der Waals surface area contributed by atoms with Crippen molar-refractivity contribution in [1.82, 2.24) is 0 Å². The Morgan fingerprint density at radius 3 is 1.46 bits per heavy atom. The summed E-state index contributed by atoms with van der Waals surface area (Å²) in [6, 6.07) is 0. The Kier molecular flexibility index (Phi) is 5.04. The van der Waals surface area contributed by atoms with E-state index < -0.39 is 0 Å². The summed E-state index contributed by atoms with van der Waals surface area (Å²) in [5.41, 5.74) is 15.7. The number of fused-ring (bicyclic) bond motifs is 2. The van der Waals surface area contributed by atoms with Crippen LogP contribution in [-0.2, 0) is 0 Å². The molecule has 0 aromatic heterocycles. The topological polar surface area (TPSA) is 0 Å². The van der Waals surface area contributed by atoms with Crippen LogP contribution in [0.15, 0.2) is 69.4 Å². The third-order valence-electron chi connectivity index (χ3n) is 13.4. The van der Waals surface area contributed by atoms with Gasteiger partial charge in [0.2, 0.25) is 0 Å². The normalized spacial score (nSPS) is 49.5. The van der Waals surface area contributed by atoms with E-state index in [1.54, 1.807) is 0 Å². The molecule has 0 amide bonds. The van der Waals surface area contributed by atoms with Crippen molar-refractivity contribution in [2.45, 2.75) is 86.0 Å². The average Bonchev–Trinajstić information content (AvgIpc) is 2.90. The molecule has 0 spiro atoms. The molecule has 0 aromatic rings. The Balaban J connectivity index is 1.49. The van der Waals surface area contributed by atoms with Gasteiger partial charge in [-0.05, 0) is 112 Å². The van der Waals surface area contributed by atoms with Crippen molar-refractivity contribution in [2.75, 3.05) is 0 Å². The lowest BCUT2D eigenvalue weighted by Gasteiger charge is -2.65. The zero-order chi connectivity index (χ0) is 25.3. The largest absolute Gasteiger partial charge is 0.102 e. The summed E-state index contributed by atoms with van der Waals surface area (Å²) in [4.78, 5) is 0. The van der Waals surface area contributed by atoms with Gasteiger partial charge < -0.3 is 0 Å². The smallest absolute Gasteiger partial charge is 0.0201 e. The highest BCUT2D eigenvalue weighted by Gasteiger charge is 2.62. The van der Waals surface area contributed by atoms with E-state index in [2.05, 4.69) is 59.4 Å². The van der Waals surface area contributed by atoms with Crippen LogP contribution in [0.1, 0.15) is 86.0 Å². The average molecular weight is 493 g/mol. The Hall–Kier alpha value is -1.56. The molecule has 0 radical (unpaired) electrons. The molecule has 0 aromatic carbocycles. The predicted molar refractivity (Wildman–Crippen MR) is 155 cm³/mol. The van der Waals surface area contributed by atoms with Gasteiger partial charge in [0.1, 0.15) is 0 Å². The van der Waals surface area contributed by atoms with Gasteiger partial charge in [-0.3, -0.25) is 0 Å². The van der Waals surface area contributed by atoms with Crippen LogP contribution in [0.2, 0.25) is 0 Å². The van der Waals surface area contributed by atoms with E-state index in [4.69, 9.17) is 0 Å². The lowest BCUT2D eigenvalue weighted by molar-refractivity contribution is 0.133. The monoisotopic (exact) mass is 492 g/mol. The highest BCUT2D eigenvalue weighted by Crippen LogP contribution is 2.73. The zero-order valence-corrected chi connectivity index (χ0v) is 24.0. The van der Waals surface area contributed by atoms with Crippen molar-refractivity contribution in [2.24, 2.45) is 71.0 Å². The van der Waals surface area contributed by atoms with Crippen LogP contribution in [0.3, 0.4) is 0 Å². The van der Waals surface area contributed by atoms with Crippen molar-refractivity contribution in [3.8, 4) is 0 Å². The van der Waals surface area contributed by atoms with Gasteiger partial charge in [-0.25, -0.2) is 0 Å². The van der Waals surface area contributed by atoms with E-state index in [0.29, 0.717) is 23.7 Å². The molecule has 8 aliphatic rings. The van der Waals surface area contributed by atoms with Crippen LogP contribution in [0, 0.1) is 71.0 Å². The molecule has 0 heterocycles. The van der Waals surface area contributed by atoms with Crippen LogP contribution < -0.4 is 0 Å². The number of hydrogen-bond acceptors (Lipinski definition) is 0. The summed E-state index contributed by atoms with van der Waals surface area (Å²) in [6.45, 7) is 17.1. The first-order chi connectivity index (χ1) is 18.0. The van der Waals surface area contributed by atoms with Crippen LogP contribution in [-0.4, -0.2) is 0 Å².